The molecule has 2 rings (SSSR count). The highest BCUT2D eigenvalue weighted by Gasteiger charge is 2.29. The monoisotopic (exact) mass is 231 g/mol. The highest BCUT2D eigenvalue weighted by atomic mass is 35.5. The van der Waals surface area contributed by atoms with Crippen molar-refractivity contribution in [3.63, 3.8) is 0 Å². The molecule has 1 aromatic rings. The van der Waals surface area contributed by atoms with Crippen LogP contribution in [0.15, 0.2) is 4.42 Å². The maximum atomic E-state index is 5.60. The normalized spacial score (nSPS) is 20.6. The summed E-state index contributed by atoms with van der Waals surface area (Å²) in [4.78, 5) is 2.02. The third-order valence-electron chi connectivity index (χ3n) is 2.27. The molecule has 1 fully saturated rings. The fourth-order valence-electron chi connectivity index (χ4n) is 1.61. The molecule has 0 atom stereocenters. The lowest BCUT2D eigenvalue weighted by molar-refractivity contribution is -0.0290. The Morgan fingerprint density at radius 1 is 1.47 bits per heavy atom. The van der Waals surface area contributed by atoms with Gasteiger partial charge in [0.15, 0.2) is 0 Å². The van der Waals surface area contributed by atoms with E-state index in [9.17, 15) is 0 Å². The van der Waals surface area contributed by atoms with Gasteiger partial charge in [0.2, 0.25) is 5.89 Å². The van der Waals surface area contributed by atoms with Gasteiger partial charge in [0.25, 0.3) is 0 Å². The molecule has 0 aromatic carbocycles. The van der Waals surface area contributed by atoms with Crippen molar-refractivity contribution in [2.45, 2.75) is 25.3 Å². The fourth-order valence-corrected chi connectivity index (χ4v) is 1.71. The second-order valence-electron chi connectivity index (χ2n) is 4.14. The number of rotatable bonds is 2. The molecule has 2 heterocycles. The van der Waals surface area contributed by atoms with E-state index in [2.05, 4.69) is 10.2 Å². The van der Waals surface area contributed by atoms with Crippen LogP contribution in [0.2, 0.25) is 0 Å². The van der Waals surface area contributed by atoms with Crippen molar-refractivity contribution in [1.82, 2.24) is 10.2 Å². The van der Waals surface area contributed by atoms with Crippen LogP contribution in [0.4, 0.5) is 6.01 Å². The first-order chi connectivity index (χ1) is 7.11. The summed E-state index contributed by atoms with van der Waals surface area (Å²) in [5.41, 5.74) is -0.173. The smallest absolute Gasteiger partial charge is 0.318 e. The van der Waals surface area contributed by atoms with Crippen molar-refractivity contribution in [2.24, 2.45) is 0 Å². The molecule has 1 aromatic heterocycles. The van der Waals surface area contributed by atoms with Gasteiger partial charge in [-0.25, -0.2) is 0 Å². The van der Waals surface area contributed by atoms with Gasteiger partial charge in [0.05, 0.1) is 18.8 Å². The number of ether oxygens (including phenoxy) is 1. The van der Waals surface area contributed by atoms with Gasteiger partial charge in [-0.1, -0.05) is 5.10 Å². The standard InChI is InChI=1S/C9H14ClN3O2/c1-9(2)6-13(3-4-14-9)8-12-11-7(5-10)15-8/h3-6H2,1-2H3. The number of hydrogen-bond donors (Lipinski definition) is 0. The van der Waals surface area contributed by atoms with E-state index in [1.165, 1.54) is 0 Å². The van der Waals surface area contributed by atoms with Gasteiger partial charge in [-0.15, -0.1) is 16.7 Å². The summed E-state index contributed by atoms with van der Waals surface area (Å²) in [7, 11) is 0. The van der Waals surface area contributed by atoms with Crippen LogP contribution in [0.5, 0.6) is 0 Å². The van der Waals surface area contributed by atoms with Crippen LogP contribution in [0, 0.1) is 0 Å². The Morgan fingerprint density at radius 3 is 2.87 bits per heavy atom. The Labute approximate surface area is 93.4 Å². The van der Waals surface area contributed by atoms with Crippen LogP contribution in [0.25, 0.3) is 0 Å². The lowest BCUT2D eigenvalue weighted by atomic mass is 10.1. The van der Waals surface area contributed by atoms with Gasteiger partial charge in [0, 0.05) is 6.54 Å². The van der Waals surface area contributed by atoms with Crippen molar-refractivity contribution in [3.05, 3.63) is 5.89 Å². The lowest BCUT2D eigenvalue weighted by Gasteiger charge is -2.36. The second-order valence-corrected chi connectivity index (χ2v) is 4.41. The average molecular weight is 232 g/mol. The van der Waals surface area contributed by atoms with E-state index in [-0.39, 0.29) is 11.5 Å². The summed E-state index contributed by atoms with van der Waals surface area (Å²) in [6.07, 6.45) is 0. The molecule has 0 N–H and O–H groups in total. The van der Waals surface area contributed by atoms with Crippen molar-refractivity contribution in [1.29, 1.82) is 0 Å². The maximum absolute atomic E-state index is 5.60. The van der Waals surface area contributed by atoms with Gasteiger partial charge >= 0.3 is 6.01 Å². The zero-order chi connectivity index (χ0) is 10.9. The molecule has 15 heavy (non-hydrogen) atoms. The van der Waals surface area contributed by atoms with Crippen LogP contribution in [-0.4, -0.2) is 35.5 Å². The first-order valence-electron chi connectivity index (χ1n) is 4.88. The van der Waals surface area contributed by atoms with Gasteiger partial charge in [-0.2, -0.15) is 0 Å². The van der Waals surface area contributed by atoms with E-state index in [0.29, 0.717) is 18.5 Å². The van der Waals surface area contributed by atoms with Crippen LogP contribution in [0.1, 0.15) is 19.7 Å². The van der Waals surface area contributed by atoms with Crippen molar-refractivity contribution in [3.8, 4) is 0 Å². The summed E-state index contributed by atoms with van der Waals surface area (Å²) in [6.45, 7) is 6.27. The van der Waals surface area contributed by atoms with Crippen molar-refractivity contribution in [2.75, 3.05) is 24.6 Å². The predicted molar refractivity (Wildman–Crippen MR) is 56.1 cm³/mol. The minimum Gasteiger partial charge on any atom is -0.407 e. The Bertz CT molecular complexity index is 340. The first-order valence-corrected chi connectivity index (χ1v) is 5.41. The molecule has 84 valence electrons. The van der Waals surface area contributed by atoms with Crippen molar-refractivity contribution < 1.29 is 9.15 Å². The number of morpholine rings is 1. The average Bonchev–Trinajstić information content (AvgIpc) is 2.64. The molecule has 0 spiro atoms. The first kappa shape index (κ1) is 10.7. The van der Waals surface area contributed by atoms with E-state index < -0.39 is 0 Å². The van der Waals surface area contributed by atoms with E-state index >= 15 is 0 Å². The molecule has 1 aliphatic rings. The van der Waals surface area contributed by atoms with Crippen LogP contribution in [0.3, 0.4) is 0 Å². The molecule has 0 bridgehead atoms. The molecule has 1 saturated heterocycles. The van der Waals surface area contributed by atoms with E-state index in [1.54, 1.807) is 0 Å². The van der Waals surface area contributed by atoms with Crippen LogP contribution < -0.4 is 4.90 Å². The summed E-state index contributed by atoms with van der Waals surface area (Å²) in [6, 6.07) is 0.530. The van der Waals surface area contributed by atoms with Crippen LogP contribution in [-0.2, 0) is 10.6 Å². The van der Waals surface area contributed by atoms with E-state index in [1.807, 2.05) is 18.7 Å². The van der Waals surface area contributed by atoms with Crippen LogP contribution >= 0.6 is 11.6 Å². The summed E-state index contributed by atoms with van der Waals surface area (Å²) in [5.74, 6) is 0.705. The topological polar surface area (TPSA) is 51.4 Å². The number of nitrogens with zero attached hydrogens (tertiary/aromatic N) is 3. The molecule has 1 aliphatic heterocycles. The second kappa shape index (κ2) is 3.98. The van der Waals surface area contributed by atoms with Gasteiger partial charge in [0.1, 0.15) is 5.88 Å². The Hall–Kier alpha value is -0.810. The zero-order valence-corrected chi connectivity index (χ0v) is 9.62. The van der Waals surface area contributed by atoms with Gasteiger partial charge in [-0.05, 0) is 13.8 Å². The molecule has 0 aliphatic carbocycles. The Balaban J connectivity index is 2.10. The number of halogens is 1. The van der Waals surface area contributed by atoms with E-state index in [4.69, 9.17) is 20.8 Å². The largest absolute Gasteiger partial charge is 0.407 e. The SMILES string of the molecule is CC1(C)CN(c2nnc(CCl)o2)CCO1. The minimum atomic E-state index is -0.173. The maximum Gasteiger partial charge on any atom is 0.318 e. The predicted octanol–water partition coefficient (Wildman–Crippen LogP) is 1.42. The molecular formula is C9H14ClN3O2. The third kappa shape index (κ3) is 2.41. The van der Waals surface area contributed by atoms with E-state index in [0.717, 1.165) is 13.1 Å². The lowest BCUT2D eigenvalue weighted by Crippen LogP contribution is -2.48. The summed E-state index contributed by atoms with van der Waals surface area (Å²) >= 11 is 5.60. The summed E-state index contributed by atoms with van der Waals surface area (Å²) in [5, 5.41) is 7.77. The minimum absolute atomic E-state index is 0.173. The zero-order valence-electron chi connectivity index (χ0n) is 8.86. The molecule has 0 saturated carbocycles. The molecule has 0 amide bonds. The molecular weight excluding hydrogens is 218 g/mol. The van der Waals surface area contributed by atoms with Gasteiger partial charge < -0.3 is 14.1 Å². The molecule has 0 unspecified atom stereocenters. The highest BCUT2D eigenvalue weighted by Crippen LogP contribution is 2.22. The summed E-state index contributed by atoms with van der Waals surface area (Å²) < 4.78 is 11.0. The molecule has 0 radical (unpaired) electrons. The van der Waals surface area contributed by atoms with Crippen molar-refractivity contribution >= 4 is 17.6 Å². The molecule has 6 heteroatoms. The highest BCUT2D eigenvalue weighted by molar-refractivity contribution is 6.16. The fraction of sp³-hybridized carbons (Fsp3) is 0.778. The Morgan fingerprint density at radius 2 is 2.27 bits per heavy atom. The third-order valence-corrected chi connectivity index (χ3v) is 2.50. The quantitative estimate of drug-likeness (QED) is 0.721. The number of alkyl halides is 1. The van der Waals surface area contributed by atoms with Gasteiger partial charge in [-0.3, -0.25) is 0 Å². The molecule has 5 nitrogen and oxygen atoms in total. The number of hydrogen-bond acceptors (Lipinski definition) is 5. The number of aromatic nitrogens is 2. The Kier molecular flexibility index (Phi) is 2.84. The number of anilines is 1.